The van der Waals surface area contributed by atoms with E-state index in [-0.39, 0.29) is 11.8 Å². The number of hydrogen-bond donors (Lipinski definition) is 1. The molecule has 1 atom stereocenters. The second-order valence-corrected chi connectivity index (χ2v) is 4.27. The van der Waals surface area contributed by atoms with Crippen LogP contribution in [0.2, 0.25) is 0 Å². The van der Waals surface area contributed by atoms with Crippen molar-refractivity contribution in [1.29, 1.82) is 0 Å². The summed E-state index contributed by atoms with van der Waals surface area (Å²) in [5, 5.41) is 11.1. The highest BCUT2D eigenvalue weighted by molar-refractivity contribution is 5.29. The van der Waals surface area contributed by atoms with Gasteiger partial charge >= 0.3 is 6.61 Å². The van der Waals surface area contributed by atoms with Crippen molar-refractivity contribution < 1.29 is 13.5 Å². The molecule has 1 unspecified atom stereocenters. The summed E-state index contributed by atoms with van der Waals surface area (Å²) in [4.78, 5) is 0. The van der Waals surface area contributed by atoms with Crippen LogP contribution in [0.5, 0.6) is 5.75 Å². The van der Waals surface area contributed by atoms with Gasteiger partial charge in [-0.2, -0.15) is 19.0 Å². The number of nitrogens with zero attached hydrogens (tertiary/aromatic N) is 2. The number of benzene rings is 1. The van der Waals surface area contributed by atoms with Crippen LogP contribution in [0.4, 0.5) is 8.78 Å². The third-order valence-corrected chi connectivity index (χ3v) is 2.82. The standard InChI is InChI=1S/C14H15F2N3O/c1-10(17-9-12-3-2-8-18-19-12)11-4-6-13(7-5-11)20-14(15)16/h2-8,10,14,17H,9H2,1H3. The fourth-order valence-corrected chi connectivity index (χ4v) is 1.74. The summed E-state index contributed by atoms with van der Waals surface area (Å²) in [5.41, 5.74) is 1.83. The van der Waals surface area contributed by atoms with E-state index in [1.54, 1.807) is 18.3 Å². The van der Waals surface area contributed by atoms with Crippen LogP contribution < -0.4 is 10.1 Å². The Morgan fingerprint density at radius 1 is 1.20 bits per heavy atom. The Kier molecular flexibility index (Phi) is 4.95. The number of hydrogen-bond acceptors (Lipinski definition) is 4. The van der Waals surface area contributed by atoms with Crippen LogP contribution in [0.15, 0.2) is 42.6 Å². The van der Waals surface area contributed by atoms with E-state index in [0.717, 1.165) is 11.3 Å². The van der Waals surface area contributed by atoms with Crippen LogP contribution in [0.1, 0.15) is 24.2 Å². The lowest BCUT2D eigenvalue weighted by Gasteiger charge is -2.14. The van der Waals surface area contributed by atoms with E-state index in [1.165, 1.54) is 12.1 Å². The molecule has 106 valence electrons. The smallest absolute Gasteiger partial charge is 0.387 e. The van der Waals surface area contributed by atoms with Gasteiger partial charge in [0.1, 0.15) is 5.75 Å². The van der Waals surface area contributed by atoms with Crippen molar-refractivity contribution in [3.63, 3.8) is 0 Å². The van der Waals surface area contributed by atoms with Crippen molar-refractivity contribution >= 4 is 0 Å². The molecule has 0 fully saturated rings. The quantitative estimate of drug-likeness (QED) is 0.883. The molecule has 0 amide bonds. The maximum Gasteiger partial charge on any atom is 0.387 e. The third kappa shape index (κ3) is 4.24. The molecule has 0 radical (unpaired) electrons. The Morgan fingerprint density at radius 2 is 1.95 bits per heavy atom. The second-order valence-electron chi connectivity index (χ2n) is 4.27. The fraction of sp³-hybridized carbons (Fsp3) is 0.286. The Bertz CT molecular complexity index is 520. The molecule has 0 saturated heterocycles. The summed E-state index contributed by atoms with van der Waals surface area (Å²) in [7, 11) is 0. The molecule has 0 bridgehead atoms. The molecule has 0 spiro atoms. The molecule has 1 N–H and O–H groups in total. The number of rotatable bonds is 6. The van der Waals surface area contributed by atoms with Crippen molar-refractivity contribution in [2.75, 3.05) is 0 Å². The molecule has 2 rings (SSSR count). The van der Waals surface area contributed by atoms with Gasteiger partial charge in [0.2, 0.25) is 0 Å². The highest BCUT2D eigenvalue weighted by Crippen LogP contribution is 2.19. The number of nitrogens with one attached hydrogen (secondary N) is 1. The normalized spacial score (nSPS) is 12.4. The number of halogens is 2. The Labute approximate surface area is 115 Å². The van der Waals surface area contributed by atoms with Gasteiger partial charge in [-0.15, -0.1) is 0 Å². The van der Waals surface area contributed by atoms with Crippen LogP contribution >= 0.6 is 0 Å². The van der Waals surface area contributed by atoms with Crippen LogP contribution in [0, 0.1) is 0 Å². The van der Waals surface area contributed by atoms with Crippen molar-refractivity contribution in [2.24, 2.45) is 0 Å². The Balaban J connectivity index is 1.90. The average Bonchev–Trinajstić information content (AvgIpc) is 2.46. The fourth-order valence-electron chi connectivity index (χ4n) is 1.74. The molecular formula is C14H15F2N3O. The highest BCUT2D eigenvalue weighted by atomic mass is 19.3. The maximum absolute atomic E-state index is 12.0. The topological polar surface area (TPSA) is 47.0 Å². The van der Waals surface area contributed by atoms with E-state index in [0.29, 0.717) is 6.54 Å². The maximum atomic E-state index is 12.0. The molecular weight excluding hydrogens is 264 g/mol. The van der Waals surface area contributed by atoms with Crippen LogP contribution in [-0.4, -0.2) is 16.8 Å². The zero-order valence-electron chi connectivity index (χ0n) is 11.0. The lowest BCUT2D eigenvalue weighted by atomic mass is 10.1. The SMILES string of the molecule is CC(NCc1cccnn1)c1ccc(OC(F)F)cc1. The van der Waals surface area contributed by atoms with Gasteiger partial charge in [-0.25, -0.2) is 0 Å². The number of ether oxygens (including phenoxy) is 1. The molecule has 0 aliphatic carbocycles. The van der Waals surface area contributed by atoms with Gasteiger partial charge in [-0.1, -0.05) is 12.1 Å². The third-order valence-electron chi connectivity index (χ3n) is 2.82. The van der Waals surface area contributed by atoms with Crippen LogP contribution in [-0.2, 0) is 6.54 Å². The first-order chi connectivity index (χ1) is 9.65. The molecule has 1 aromatic heterocycles. The first kappa shape index (κ1) is 14.3. The van der Waals surface area contributed by atoms with E-state index in [4.69, 9.17) is 0 Å². The van der Waals surface area contributed by atoms with Crippen LogP contribution in [0.25, 0.3) is 0 Å². The van der Waals surface area contributed by atoms with Gasteiger partial charge in [-0.05, 0) is 36.8 Å². The number of alkyl halides is 2. The summed E-state index contributed by atoms with van der Waals surface area (Å²) in [6.45, 7) is -0.225. The second kappa shape index (κ2) is 6.91. The summed E-state index contributed by atoms with van der Waals surface area (Å²) in [6, 6.07) is 10.3. The van der Waals surface area contributed by atoms with E-state index >= 15 is 0 Å². The summed E-state index contributed by atoms with van der Waals surface area (Å²) < 4.78 is 28.4. The van der Waals surface area contributed by atoms with Crippen molar-refractivity contribution in [1.82, 2.24) is 15.5 Å². The number of aromatic nitrogens is 2. The van der Waals surface area contributed by atoms with Crippen molar-refractivity contribution in [3.8, 4) is 5.75 Å². The Morgan fingerprint density at radius 3 is 2.55 bits per heavy atom. The summed E-state index contributed by atoms with van der Waals surface area (Å²) in [5.74, 6) is 0.157. The lowest BCUT2D eigenvalue weighted by molar-refractivity contribution is -0.0498. The van der Waals surface area contributed by atoms with E-state index < -0.39 is 6.61 Å². The minimum atomic E-state index is -2.80. The Hall–Kier alpha value is -2.08. The first-order valence-electron chi connectivity index (χ1n) is 6.20. The van der Waals surface area contributed by atoms with Gasteiger partial charge in [0, 0.05) is 18.8 Å². The largest absolute Gasteiger partial charge is 0.435 e. The van der Waals surface area contributed by atoms with Gasteiger partial charge in [0.25, 0.3) is 0 Å². The molecule has 1 heterocycles. The summed E-state index contributed by atoms with van der Waals surface area (Å²) in [6.07, 6.45) is 1.62. The molecule has 1 aromatic carbocycles. The monoisotopic (exact) mass is 279 g/mol. The highest BCUT2D eigenvalue weighted by Gasteiger charge is 2.07. The predicted molar refractivity (Wildman–Crippen MR) is 70.4 cm³/mol. The molecule has 0 aliphatic rings. The average molecular weight is 279 g/mol. The molecule has 0 saturated carbocycles. The van der Waals surface area contributed by atoms with E-state index in [9.17, 15) is 8.78 Å². The minimum absolute atomic E-state index is 0.0672. The molecule has 2 aromatic rings. The van der Waals surface area contributed by atoms with Gasteiger partial charge in [0.05, 0.1) is 5.69 Å². The predicted octanol–water partition coefficient (Wildman–Crippen LogP) is 2.93. The molecule has 4 nitrogen and oxygen atoms in total. The zero-order valence-corrected chi connectivity index (χ0v) is 11.0. The van der Waals surface area contributed by atoms with Crippen molar-refractivity contribution in [3.05, 3.63) is 53.9 Å². The van der Waals surface area contributed by atoms with Crippen LogP contribution in [0.3, 0.4) is 0 Å². The molecule has 20 heavy (non-hydrogen) atoms. The van der Waals surface area contributed by atoms with Gasteiger partial charge < -0.3 is 10.1 Å². The molecule has 6 heteroatoms. The van der Waals surface area contributed by atoms with Crippen molar-refractivity contribution in [2.45, 2.75) is 26.1 Å². The van der Waals surface area contributed by atoms with E-state index in [2.05, 4.69) is 20.3 Å². The van der Waals surface area contributed by atoms with Gasteiger partial charge in [0.15, 0.2) is 0 Å². The summed E-state index contributed by atoms with van der Waals surface area (Å²) >= 11 is 0. The minimum Gasteiger partial charge on any atom is -0.435 e. The lowest BCUT2D eigenvalue weighted by Crippen LogP contribution is -2.18. The van der Waals surface area contributed by atoms with E-state index in [1.807, 2.05) is 19.1 Å². The first-order valence-corrected chi connectivity index (χ1v) is 6.20. The zero-order chi connectivity index (χ0) is 14.4. The molecule has 0 aliphatic heterocycles. The van der Waals surface area contributed by atoms with Gasteiger partial charge in [-0.3, -0.25) is 0 Å².